The molecule has 118 valence electrons. The van der Waals surface area contributed by atoms with Crippen molar-refractivity contribution < 1.29 is 4.74 Å². The molecule has 1 saturated heterocycles. The van der Waals surface area contributed by atoms with Crippen molar-refractivity contribution in [3.05, 3.63) is 42.5 Å². The van der Waals surface area contributed by atoms with Gasteiger partial charge in [-0.1, -0.05) is 12.1 Å². The number of guanidine groups is 1. The van der Waals surface area contributed by atoms with Gasteiger partial charge in [-0.2, -0.15) is 5.10 Å². The Labute approximate surface area is 146 Å². The van der Waals surface area contributed by atoms with E-state index >= 15 is 0 Å². The second-order valence-electron chi connectivity index (χ2n) is 4.78. The second kappa shape index (κ2) is 8.08. The molecule has 0 amide bonds. The number of benzene rings is 1. The molecule has 0 atom stereocenters. The number of ether oxygens (including phenoxy) is 1. The molecule has 22 heavy (non-hydrogen) atoms. The Morgan fingerprint density at radius 2 is 2.14 bits per heavy atom. The van der Waals surface area contributed by atoms with E-state index in [1.807, 2.05) is 29.2 Å². The minimum atomic E-state index is 0. The summed E-state index contributed by atoms with van der Waals surface area (Å²) in [5.74, 6) is 0.574. The number of nitrogens with zero attached hydrogens (tertiary/aromatic N) is 5. The van der Waals surface area contributed by atoms with Crippen LogP contribution in [0.5, 0.6) is 0 Å². The lowest BCUT2D eigenvalue weighted by molar-refractivity contribution is 0.0674. The monoisotopic (exact) mass is 414 g/mol. The minimum Gasteiger partial charge on any atom is -0.378 e. The smallest absolute Gasteiger partial charge is 0.191 e. The first-order chi connectivity index (χ1) is 10.3. The van der Waals surface area contributed by atoms with Gasteiger partial charge in [0, 0.05) is 13.1 Å². The highest BCUT2D eigenvalue weighted by atomic mass is 127. The Hall–Kier alpha value is -1.68. The van der Waals surface area contributed by atoms with Crippen LogP contribution in [-0.4, -0.2) is 51.9 Å². The zero-order chi connectivity index (χ0) is 14.5. The summed E-state index contributed by atoms with van der Waals surface area (Å²) in [6.45, 7) is 3.56. The molecule has 0 unspecified atom stereocenters. The third kappa shape index (κ3) is 4.17. The van der Waals surface area contributed by atoms with Gasteiger partial charge in [0.2, 0.25) is 0 Å². The van der Waals surface area contributed by atoms with Crippen LogP contribution >= 0.6 is 24.0 Å². The zero-order valence-corrected chi connectivity index (χ0v) is 14.5. The zero-order valence-electron chi connectivity index (χ0n) is 12.1. The van der Waals surface area contributed by atoms with Gasteiger partial charge in [-0.05, 0) is 17.7 Å². The summed E-state index contributed by atoms with van der Waals surface area (Å²) in [6, 6.07) is 8.02. The van der Waals surface area contributed by atoms with Crippen molar-refractivity contribution >= 4 is 29.9 Å². The van der Waals surface area contributed by atoms with Gasteiger partial charge in [0.15, 0.2) is 5.96 Å². The van der Waals surface area contributed by atoms with E-state index in [4.69, 9.17) is 10.5 Å². The molecule has 0 bridgehead atoms. The van der Waals surface area contributed by atoms with Gasteiger partial charge in [0.25, 0.3) is 0 Å². The van der Waals surface area contributed by atoms with Gasteiger partial charge < -0.3 is 15.4 Å². The third-order valence-corrected chi connectivity index (χ3v) is 3.35. The molecule has 2 N–H and O–H groups in total. The number of hydrogen-bond donors (Lipinski definition) is 1. The first-order valence-corrected chi connectivity index (χ1v) is 6.89. The lowest BCUT2D eigenvalue weighted by Gasteiger charge is -2.27. The van der Waals surface area contributed by atoms with Gasteiger partial charge in [-0.3, -0.25) is 0 Å². The fourth-order valence-electron chi connectivity index (χ4n) is 2.20. The molecule has 2 aromatic rings. The summed E-state index contributed by atoms with van der Waals surface area (Å²) in [5, 5.41) is 4.12. The molecule has 0 radical (unpaired) electrons. The van der Waals surface area contributed by atoms with Crippen molar-refractivity contribution in [2.24, 2.45) is 10.7 Å². The molecule has 8 heteroatoms. The minimum absolute atomic E-state index is 0. The Kier molecular flexibility index (Phi) is 6.13. The molecule has 1 fully saturated rings. The summed E-state index contributed by atoms with van der Waals surface area (Å²) in [4.78, 5) is 10.5. The van der Waals surface area contributed by atoms with Crippen LogP contribution in [-0.2, 0) is 11.3 Å². The van der Waals surface area contributed by atoms with Gasteiger partial charge >= 0.3 is 0 Å². The van der Waals surface area contributed by atoms with E-state index in [0.29, 0.717) is 25.7 Å². The quantitative estimate of drug-likeness (QED) is 0.461. The van der Waals surface area contributed by atoms with E-state index in [9.17, 15) is 0 Å². The van der Waals surface area contributed by atoms with Gasteiger partial charge in [-0.25, -0.2) is 14.7 Å². The van der Waals surface area contributed by atoms with Crippen LogP contribution in [0.2, 0.25) is 0 Å². The van der Waals surface area contributed by atoms with E-state index in [2.05, 4.69) is 15.1 Å². The first kappa shape index (κ1) is 16.7. The van der Waals surface area contributed by atoms with Gasteiger partial charge in [-0.15, -0.1) is 24.0 Å². The summed E-state index contributed by atoms with van der Waals surface area (Å²) in [6.07, 6.45) is 3.19. The number of rotatable bonds is 3. The van der Waals surface area contributed by atoms with Crippen LogP contribution in [0.15, 0.2) is 41.9 Å². The molecule has 1 aliphatic heterocycles. The van der Waals surface area contributed by atoms with Gasteiger partial charge in [0.05, 0.1) is 25.4 Å². The summed E-state index contributed by atoms with van der Waals surface area (Å²) < 4.78 is 7.02. The molecule has 7 nitrogen and oxygen atoms in total. The molecule has 1 aliphatic rings. The molecule has 1 aromatic carbocycles. The maximum absolute atomic E-state index is 6.02. The molecule has 1 aromatic heterocycles. The van der Waals surface area contributed by atoms with Crippen molar-refractivity contribution in [2.45, 2.75) is 6.54 Å². The second-order valence-corrected chi connectivity index (χ2v) is 4.78. The largest absolute Gasteiger partial charge is 0.378 e. The maximum Gasteiger partial charge on any atom is 0.191 e. The Bertz CT molecular complexity index is 610. The molecular weight excluding hydrogens is 395 g/mol. The highest BCUT2D eigenvalue weighted by Crippen LogP contribution is 2.10. The molecule has 0 aliphatic carbocycles. The highest BCUT2D eigenvalue weighted by Gasteiger charge is 2.11. The lowest BCUT2D eigenvalue weighted by atomic mass is 10.2. The van der Waals surface area contributed by atoms with Crippen molar-refractivity contribution in [2.75, 3.05) is 26.3 Å². The summed E-state index contributed by atoms with van der Waals surface area (Å²) in [7, 11) is 0. The first-order valence-electron chi connectivity index (χ1n) is 6.89. The Morgan fingerprint density at radius 3 is 2.86 bits per heavy atom. The number of morpholine rings is 1. The third-order valence-electron chi connectivity index (χ3n) is 3.35. The average molecular weight is 414 g/mol. The number of hydrogen-bond acceptors (Lipinski definition) is 4. The average Bonchev–Trinajstić information content (AvgIpc) is 3.08. The predicted octanol–water partition coefficient (Wildman–Crippen LogP) is 1.03. The topological polar surface area (TPSA) is 81.6 Å². The molecule has 2 heterocycles. The molecular formula is C14H19IN6O. The van der Waals surface area contributed by atoms with Crippen LogP contribution in [0.1, 0.15) is 5.56 Å². The van der Waals surface area contributed by atoms with Crippen LogP contribution in [0.25, 0.3) is 5.69 Å². The summed E-state index contributed by atoms with van der Waals surface area (Å²) in [5.41, 5.74) is 8.07. The van der Waals surface area contributed by atoms with Crippen molar-refractivity contribution in [1.29, 1.82) is 0 Å². The molecule has 0 saturated carbocycles. The van der Waals surface area contributed by atoms with E-state index < -0.39 is 0 Å². The highest BCUT2D eigenvalue weighted by molar-refractivity contribution is 14.0. The predicted molar refractivity (Wildman–Crippen MR) is 94.5 cm³/mol. The number of nitrogens with two attached hydrogens (primary N) is 1. The van der Waals surface area contributed by atoms with Crippen LogP contribution < -0.4 is 5.73 Å². The number of aliphatic imine (C=N–C) groups is 1. The van der Waals surface area contributed by atoms with Crippen molar-refractivity contribution in [1.82, 2.24) is 19.7 Å². The van der Waals surface area contributed by atoms with Crippen LogP contribution in [0, 0.1) is 0 Å². The van der Waals surface area contributed by atoms with E-state index in [1.165, 1.54) is 6.33 Å². The van der Waals surface area contributed by atoms with Crippen LogP contribution in [0.4, 0.5) is 0 Å². The van der Waals surface area contributed by atoms with Crippen molar-refractivity contribution in [3.8, 4) is 5.69 Å². The number of aromatic nitrogens is 3. The lowest BCUT2D eigenvalue weighted by Crippen LogP contribution is -2.44. The Morgan fingerprint density at radius 1 is 1.32 bits per heavy atom. The molecule has 0 spiro atoms. The maximum atomic E-state index is 6.02. The standard InChI is InChI=1S/C14H18N6O.HI/c15-14(19-4-6-21-7-5-19)17-9-12-2-1-3-13(8-12)20-11-16-10-18-20;/h1-3,8,10-11H,4-7,9H2,(H2,15,17);1H. The fourth-order valence-corrected chi connectivity index (χ4v) is 2.20. The number of halogens is 1. The SMILES string of the molecule is I.NC(=NCc1cccc(-n2cncn2)c1)N1CCOCC1. The Balaban J connectivity index is 0.00000176. The fraction of sp³-hybridized carbons (Fsp3) is 0.357. The van der Waals surface area contributed by atoms with E-state index in [1.54, 1.807) is 11.0 Å². The normalized spacial score (nSPS) is 15.5. The van der Waals surface area contributed by atoms with E-state index in [0.717, 1.165) is 24.3 Å². The van der Waals surface area contributed by atoms with Crippen LogP contribution in [0.3, 0.4) is 0 Å². The van der Waals surface area contributed by atoms with Gasteiger partial charge in [0.1, 0.15) is 12.7 Å². The summed E-state index contributed by atoms with van der Waals surface area (Å²) >= 11 is 0. The molecule has 3 rings (SSSR count). The van der Waals surface area contributed by atoms with Crippen molar-refractivity contribution in [3.63, 3.8) is 0 Å². The van der Waals surface area contributed by atoms with E-state index in [-0.39, 0.29) is 24.0 Å².